The Morgan fingerprint density at radius 3 is 2.45 bits per heavy atom. The predicted molar refractivity (Wildman–Crippen MR) is 111 cm³/mol. The number of para-hydroxylation sites is 2. The van der Waals surface area contributed by atoms with E-state index >= 15 is 0 Å². The van der Waals surface area contributed by atoms with Gasteiger partial charge in [0.05, 0.1) is 26.5 Å². The van der Waals surface area contributed by atoms with Crippen molar-refractivity contribution in [3.8, 4) is 11.5 Å². The zero-order valence-electron chi connectivity index (χ0n) is 16.4. The molecule has 0 saturated carbocycles. The summed E-state index contributed by atoms with van der Waals surface area (Å²) >= 11 is 0. The van der Waals surface area contributed by atoms with E-state index in [0.717, 1.165) is 11.4 Å². The summed E-state index contributed by atoms with van der Waals surface area (Å²) in [4.78, 5) is 21.0. The van der Waals surface area contributed by atoms with Gasteiger partial charge in [0.15, 0.2) is 5.82 Å². The van der Waals surface area contributed by atoms with Gasteiger partial charge in [-0.2, -0.15) is 4.98 Å². The molecular formula is C21H22N4O4. The van der Waals surface area contributed by atoms with Gasteiger partial charge in [-0.05, 0) is 43.3 Å². The Morgan fingerprint density at radius 1 is 1.00 bits per heavy atom. The Bertz CT molecular complexity index is 977. The van der Waals surface area contributed by atoms with Crippen LogP contribution in [0.2, 0.25) is 0 Å². The minimum absolute atomic E-state index is 0.230. The Morgan fingerprint density at radius 2 is 1.76 bits per heavy atom. The van der Waals surface area contributed by atoms with Crippen LogP contribution in [-0.4, -0.2) is 36.8 Å². The lowest BCUT2D eigenvalue weighted by Crippen LogP contribution is -2.11. The van der Waals surface area contributed by atoms with Crippen LogP contribution in [0.15, 0.2) is 54.7 Å². The summed E-state index contributed by atoms with van der Waals surface area (Å²) in [6.07, 6.45) is 1.43. The lowest BCUT2D eigenvalue weighted by Gasteiger charge is -2.14. The molecule has 0 amide bonds. The summed E-state index contributed by atoms with van der Waals surface area (Å²) in [6.45, 7) is 2.00. The molecule has 3 rings (SSSR count). The number of nitrogens with zero attached hydrogens (tertiary/aromatic N) is 2. The fraction of sp³-hybridized carbons (Fsp3) is 0.190. The minimum atomic E-state index is -0.507. The van der Waals surface area contributed by atoms with E-state index < -0.39 is 5.97 Å². The van der Waals surface area contributed by atoms with Crippen LogP contribution < -0.4 is 20.1 Å². The van der Waals surface area contributed by atoms with Gasteiger partial charge in [-0.15, -0.1) is 0 Å². The van der Waals surface area contributed by atoms with Crippen LogP contribution >= 0.6 is 0 Å². The van der Waals surface area contributed by atoms with Crippen molar-refractivity contribution < 1.29 is 19.0 Å². The van der Waals surface area contributed by atoms with Crippen molar-refractivity contribution in [2.24, 2.45) is 0 Å². The number of esters is 1. The lowest BCUT2D eigenvalue weighted by atomic mass is 10.2. The van der Waals surface area contributed by atoms with E-state index in [4.69, 9.17) is 14.2 Å². The molecule has 0 saturated heterocycles. The summed E-state index contributed by atoms with van der Waals surface area (Å²) in [5, 5.41) is 6.25. The molecule has 3 aromatic rings. The highest BCUT2D eigenvalue weighted by Crippen LogP contribution is 2.27. The molecule has 150 valence electrons. The second kappa shape index (κ2) is 9.41. The zero-order chi connectivity index (χ0) is 20.6. The first-order valence-corrected chi connectivity index (χ1v) is 9.00. The molecule has 1 heterocycles. The first-order valence-electron chi connectivity index (χ1n) is 9.00. The molecule has 0 aliphatic carbocycles. The summed E-state index contributed by atoms with van der Waals surface area (Å²) in [5.74, 6) is 1.49. The summed E-state index contributed by atoms with van der Waals surface area (Å²) in [6, 6.07) is 14.7. The molecule has 2 N–H and O–H groups in total. The fourth-order valence-electron chi connectivity index (χ4n) is 2.57. The number of anilines is 4. The van der Waals surface area contributed by atoms with Gasteiger partial charge in [-0.1, -0.05) is 12.1 Å². The topological polar surface area (TPSA) is 94.6 Å². The Hall–Kier alpha value is -3.81. The smallest absolute Gasteiger partial charge is 0.343 e. The second-order valence-electron chi connectivity index (χ2n) is 5.86. The number of nitrogens with one attached hydrogen (secondary N) is 2. The van der Waals surface area contributed by atoms with E-state index in [1.807, 2.05) is 48.5 Å². The van der Waals surface area contributed by atoms with E-state index in [2.05, 4.69) is 20.6 Å². The maximum Gasteiger partial charge on any atom is 0.343 e. The second-order valence-corrected chi connectivity index (χ2v) is 5.86. The summed E-state index contributed by atoms with van der Waals surface area (Å²) in [7, 11) is 3.18. The van der Waals surface area contributed by atoms with Crippen molar-refractivity contribution in [1.29, 1.82) is 0 Å². The molecule has 1 aromatic heterocycles. The average molecular weight is 394 g/mol. The standard InChI is InChI=1S/C21H22N4O4/c1-4-29-20(26)16-13-22-21(24-17-7-5-6-8-18(17)28-3)25-19(16)23-14-9-11-15(27-2)12-10-14/h5-13H,4H2,1-3H3,(H2,22,23,24,25). The Balaban J connectivity index is 1.93. The van der Waals surface area contributed by atoms with Crippen molar-refractivity contribution in [2.75, 3.05) is 31.5 Å². The van der Waals surface area contributed by atoms with Crippen LogP contribution in [0.3, 0.4) is 0 Å². The third-order valence-electron chi connectivity index (χ3n) is 3.99. The number of ether oxygens (including phenoxy) is 3. The Kier molecular flexibility index (Phi) is 6.47. The SMILES string of the molecule is CCOC(=O)c1cnc(Nc2ccccc2OC)nc1Nc1ccc(OC)cc1. The van der Waals surface area contributed by atoms with Crippen LogP contribution in [0.25, 0.3) is 0 Å². The molecule has 0 spiro atoms. The lowest BCUT2D eigenvalue weighted by molar-refractivity contribution is 0.0526. The molecule has 0 bridgehead atoms. The molecule has 2 aromatic carbocycles. The number of aromatic nitrogens is 2. The monoisotopic (exact) mass is 394 g/mol. The number of benzene rings is 2. The molecule has 0 aliphatic heterocycles. The van der Waals surface area contributed by atoms with Crippen molar-refractivity contribution in [1.82, 2.24) is 9.97 Å². The third-order valence-corrected chi connectivity index (χ3v) is 3.99. The molecule has 29 heavy (non-hydrogen) atoms. The predicted octanol–water partition coefficient (Wildman–Crippen LogP) is 4.16. The van der Waals surface area contributed by atoms with Gasteiger partial charge < -0.3 is 24.8 Å². The van der Waals surface area contributed by atoms with Gasteiger partial charge in [-0.3, -0.25) is 0 Å². The average Bonchev–Trinajstić information content (AvgIpc) is 2.75. The van der Waals surface area contributed by atoms with Gasteiger partial charge in [0.25, 0.3) is 0 Å². The number of carbonyl (C=O) groups is 1. The number of hydrogen-bond acceptors (Lipinski definition) is 8. The minimum Gasteiger partial charge on any atom is -0.497 e. The van der Waals surface area contributed by atoms with Gasteiger partial charge >= 0.3 is 5.97 Å². The van der Waals surface area contributed by atoms with E-state index in [-0.39, 0.29) is 12.2 Å². The third kappa shape index (κ3) is 4.92. The van der Waals surface area contributed by atoms with Crippen molar-refractivity contribution >= 4 is 29.1 Å². The van der Waals surface area contributed by atoms with E-state index in [1.165, 1.54) is 6.20 Å². The van der Waals surface area contributed by atoms with Gasteiger partial charge in [0.1, 0.15) is 17.1 Å². The number of rotatable bonds is 8. The number of methoxy groups -OCH3 is 2. The highest BCUT2D eigenvalue weighted by Gasteiger charge is 2.17. The number of carbonyl (C=O) groups excluding carboxylic acids is 1. The van der Waals surface area contributed by atoms with Crippen LogP contribution in [0.5, 0.6) is 11.5 Å². The molecule has 0 unspecified atom stereocenters. The Labute approximate surface area is 168 Å². The van der Waals surface area contributed by atoms with Gasteiger partial charge in [0, 0.05) is 11.9 Å². The molecule has 8 heteroatoms. The van der Waals surface area contributed by atoms with Gasteiger partial charge in [-0.25, -0.2) is 9.78 Å². The summed E-state index contributed by atoms with van der Waals surface area (Å²) < 4.78 is 15.6. The highest BCUT2D eigenvalue weighted by atomic mass is 16.5. The molecule has 0 atom stereocenters. The molecule has 0 fully saturated rings. The normalized spacial score (nSPS) is 10.2. The van der Waals surface area contributed by atoms with Crippen LogP contribution in [0, 0.1) is 0 Å². The van der Waals surface area contributed by atoms with Crippen LogP contribution in [0.4, 0.5) is 23.1 Å². The van der Waals surface area contributed by atoms with Crippen LogP contribution in [-0.2, 0) is 4.74 Å². The first kappa shape index (κ1) is 19.9. The molecule has 8 nitrogen and oxygen atoms in total. The highest BCUT2D eigenvalue weighted by molar-refractivity contribution is 5.95. The van der Waals surface area contributed by atoms with Crippen molar-refractivity contribution in [2.45, 2.75) is 6.92 Å². The fourth-order valence-corrected chi connectivity index (χ4v) is 2.57. The maximum absolute atomic E-state index is 12.3. The van der Waals surface area contributed by atoms with Crippen LogP contribution in [0.1, 0.15) is 17.3 Å². The van der Waals surface area contributed by atoms with Crippen molar-refractivity contribution in [3.63, 3.8) is 0 Å². The van der Waals surface area contributed by atoms with Crippen molar-refractivity contribution in [3.05, 3.63) is 60.3 Å². The largest absolute Gasteiger partial charge is 0.497 e. The quantitative estimate of drug-likeness (QED) is 0.550. The zero-order valence-corrected chi connectivity index (χ0v) is 16.4. The van der Waals surface area contributed by atoms with E-state index in [9.17, 15) is 4.79 Å². The first-order chi connectivity index (χ1) is 14.1. The molecule has 0 aliphatic rings. The van der Waals surface area contributed by atoms with E-state index in [0.29, 0.717) is 23.2 Å². The van der Waals surface area contributed by atoms with Gasteiger partial charge in [0.2, 0.25) is 5.95 Å². The molecule has 0 radical (unpaired) electrons. The number of hydrogen-bond donors (Lipinski definition) is 2. The molecular weight excluding hydrogens is 372 g/mol. The summed E-state index contributed by atoms with van der Waals surface area (Å²) in [5.41, 5.74) is 1.67. The maximum atomic E-state index is 12.3. The van der Waals surface area contributed by atoms with E-state index in [1.54, 1.807) is 21.1 Å².